The van der Waals surface area contributed by atoms with Gasteiger partial charge in [0, 0.05) is 12.8 Å². The summed E-state index contributed by atoms with van der Waals surface area (Å²) in [5.74, 6) is -0.944. The molecular formula is C19H30FN3O7. The number of nitrogens with zero attached hydrogens (tertiary/aromatic N) is 3. The van der Waals surface area contributed by atoms with Gasteiger partial charge in [0.25, 0.3) is 0 Å². The number of hydrogen-bond acceptors (Lipinski definition) is 7. The van der Waals surface area contributed by atoms with Gasteiger partial charge in [-0.3, -0.25) is 9.13 Å². The standard InChI is InChI=1S/C19H30FN3O7/c1-4-6-7-8-29-18(26)21-17-13(20)9-22(19(27)23(17)11-28-5-2)10-14-16(25)15(24)12(3)30-14/h9,12,14-16,24-25H,4-8,10-11H2,1-3H3/t12-,14?,15-,16+/m1/s1. The molecule has 2 heterocycles. The van der Waals surface area contributed by atoms with E-state index in [2.05, 4.69) is 4.99 Å². The predicted molar refractivity (Wildman–Crippen MR) is 103 cm³/mol. The van der Waals surface area contributed by atoms with Crippen LogP contribution in [0.3, 0.4) is 0 Å². The number of aliphatic hydroxyl groups is 2. The number of carbonyl (C=O) groups is 1. The van der Waals surface area contributed by atoms with Crippen molar-refractivity contribution >= 4 is 6.09 Å². The largest absolute Gasteiger partial charge is 0.448 e. The van der Waals surface area contributed by atoms with Crippen molar-refractivity contribution in [2.75, 3.05) is 13.2 Å². The van der Waals surface area contributed by atoms with Gasteiger partial charge < -0.3 is 24.4 Å². The number of hydrogen-bond donors (Lipinski definition) is 2. The van der Waals surface area contributed by atoms with Gasteiger partial charge in [0.1, 0.15) is 25.0 Å². The average Bonchev–Trinajstić information content (AvgIpc) is 2.95. The monoisotopic (exact) mass is 431 g/mol. The molecule has 1 amide bonds. The summed E-state index contributed by atoms with van der Waals surface area (Å²) in [5, 5.41) is 19.9. The molecule has 4 atom stereocenters. The minimum atomic E-state index is -1.22. The summed E-state index contributed by atoms with van der Waals surface area (Å²) in [5.41, 5.74) is -1.22. The lowest BCUT2D eigenvalue weighted by Crippen LogP contribution is -2.45. The van der Waals surface area contributed by atoms with E-state index in [0.29, 0.717) is 6.42 Å². The molecule has 11 heteroatoms. The summed E-state index contributed by atoms with van der Waals surface area (Å²) in [6.45, 7) is 5.15. The molecule has 1 aliphatic heterocycles. The molecule has 1 aliphatic rings. The first kappa shape index (κ1) is 24.2. The lowest BCUT2D eigenvalue weighted by Gasteiger charge is -2.18. The van der Waals surface area contributed by atoms with E-state index in [0.717, 1.165) is 28.2 Å². The highest BCUT2D eigenvalue weighted by Crippen LogP contribution is 2.21. The molecule has 0 aliphatic carbocycles. The maximum absolute atomic E-state index is 14.8. The number of ether oxygens (including phenoxy) is 3. The van der Waals surface area contributed by atoms with Gasteiger partial charge in [-0.15, -0.1) is 0 Å². The number of halogens is 1. The van der Waals surface area contributed by atoms with Crippen LogP contribution < -0.4 is 11.2 Å². The number of aromatic nitrogens is 2. The first-order valence-electron chi connectivity index (χ1n) is 10.1. The van der Waals surface area contributed by atoms with Crippen molar-refractivity contribution in [1.29, 1.82) is 0 Å². The Balaban J connectivity index is 2.32. The van der Waals surface area contributed by atoms with Gasteiger partial charge in [-0.25, -0.2) is 14.0 Å². The zero-order valence-corrected chi connectivity index (χ0v) is 17.5. The van der Waals surface area contributed by atoms with Gasteiger partial charge in [0.2, 0.25) is 0 Å². The number of rotatable bonds is 9. The van der Waals surface area contributed by atoms with Gasteiger partial charge in [0.15, 0.2) is 11.3 Å². The van der Waals surface area contributed by atoms with E-state index in [1.807, 2.05) is 6.92 Å². The first-order chi connectivity index (χ1) is 14.3. The Bertz CT molecular complexity index is 838. The first-order valence-corrected chi connectivity index (χ1v) is 10.1. The molecule has 1 saturated heterocycles. The molecule has 2 N–H and O–H groups in total. The summed E-state index contributed by atoms with van der Waals surface area (Å²) in [6.07, 6.45) is -1.50. The van der Waals surface area contributed by atoms with Crippen LogP contribution in [0, 0.1) is 5.82 Å². The zero-order valence-electron chi connectivity index (χ0n) is 17.5. The lowest BCUT2D eigenvalue weighted by atomic mass is 10.1. The third-order valence-corrected chi connectivity index (χ3v) is 4.79. The highest BCUT2D eigenvalue weighted by molar-refractivity contribution is 5.68. The van der Waals surface area contributed by atoms with Crippen molar-refractivity contribution in [2.24, 2.45) is 4.99 Å². The molecule has 170 valence electrons. The molecule has 0 aromatic carbocycles. The molecule has 0 saturated carbocycles. The van der Waals surface area contributed by atoms with Crippen molar-refractivity contribution in [3.63, 3.8) is 0 Å². The van der Waals surface area contributed by atoms with E-state index < -0.39 is 47.5 Å². The van der Waals surface area contributed by atoms with Crippen molar-refractivity contribution in [3.8, 4) is 0 Å². The van der Waals surface area contributed by atoms with Crippen LogP contribution >= 0.6 is 0 Å². The highest BCUT2D eigenvalue weighted by atomic mass is 19.1. The molecule has 1 unspecified atom stereocenters. The summed E-state index contributed by atoms with van der Waals surface area (Å²) >= 11 is 0. The molecular weight excluding hydrogens is 401 g/mol. The number of unbranched alkanes of at least 4 members (excludes halogenated alkanes) is 2. The maximum atomic E-state index is 14.8. The number of aliphatic hydroxyl groups excluding tert-OH is 2. The molecule has 1 aromatic heterocycles. The van der Waals surface area contributed by atoms with Gasteiger partial charge in [-0.05, 0) is 20.3 Å². The van der Waals surface area contributed by atoms with Gasteiger partial charge in [-0.2, -0.15) is 4.99 Å². The normalized spacial score (nSPS) is 24.4. The Hall–Kier alpha value is -2.08. The fourth-order valence-corrected chi connectivity index (χ4v) is 3.08. The fourth-order valence-electron chi connectivity index (χ4n) is 3.08. The van der Waals surface area contributed by atoms with E-state index in [4.69, 9.17) is 14.2 Å². The van der Waals surface area contributed by atoms with Gasteiger partial charge >= 0.3 is 11.8 Å². The van der Waals surface area contributed by atoms with Crippen molar-refractivity contribution < 1.29 is 33.6 Å². The van der Waals surface area contributed by atoms with Crippen LogP contribution in [0.5, 0.6) is 0 Å². The predicted octanol–water partition coefficient (Wildman–Crippen LogP) is 0.520. The smallest absolute Gasteiger partial charge is 0.435 e. The van der Waals surface area contributed by atoms with Crippen LogP contribution in [-0.4, -0.2) is 63.1 Å². The van der Waals surface area contributed by atoms with Crippen LogP contribution in [0.1, 0.15) is 40.0 Å². The third-order valence-electron chi connectivity index (χ3n) is 4.79. The molecule has 0 bridgehead atoms. The van der Waals surface area contributed by atoms with E-state index in [1.54, 1.807) is 13.8 Å². The highest BCUT2D eigenvalue weighted by Gasteiger charge is 2.40. The third kappa shape index (κ3) is 5.97. The summed E-state index contributed by atoms with van der Waals surface area (Å²) in [4.78, 5) is 28.4. The van der Waals surface area contributed by atoms with Crippen LogP contribution in [-0.2, 0) is 27.5 Å². The zero-order chi connectivity index (χ0) is 22.3. The molecule has 1 fully saturated rings. The Morgan fingerprint density at radius 2 is 2.03 bits per heavy atom. The average molecular weight is 431 g/mol. The molecule has 30 heavy (non-hydrogen) atoms. The quantitative estimate of drug-likeness (QED) is 0.546. The molecule has 2 rings (SSSR count). The van der Waals surface area contributed by atoms with Crippen molar-refractivity contribution in [1.82, 2.24) is 9.13 Å². The van der Waals surface area contributed by atoms with Crippen LogP contribution in [0.25, 0.3) is 0 Å². The Labute approximate surface area is 173 Å². The van der Waals surface area contributed by atoms with Crippen LogP contribution in [0.15, 0.2) is 16.0 Å². The van der Waals surface area contributed by atoms with Gasteiger partial charge in [0.05, 0.1) is 19.3 Å². The molecule has 10 nitrogen and oxygen atoms in total. The Morgan fingerprint density at radius 3 is 2.63 bits per heavy atom. The van der Waals surface area contributed by atoms with Crippen molar-refractivity contribution in [2.45, 2.75) is 77.7 Å². The lowest BCUT2D eigenvalue weighted by molar-refractivity contribution is 0.00413. The van der Waals surface area contributed by atoms with E-state index in [-0.39, 0.29) is 26.5 Å². The Kier molecular flexibility index (Phi) is 9.15. The number of amides is 1. The molecule has 1 aromatic rings. The van der Waals surface area contributed by atoms with Crippen LogP contribution in [0.4, 0.5) is 9.18 Å². The van der Waals surface area contributed by atoms with E-state index >= 15 is 0 Å². The second-order valence-electron chi connectivity index (χ2n) is 7.08. The minimum absolute atomic E-state index is 0.151. The number of carbonyl (C=O) groups excluding carboxylic acids is 1. The molecule has 0 radical (unpaired) electrons. The SMILES string of the molecule is CCCCCOC(=O)N=c1c(F)cn(CC2O[C@H](C)[C@@H](O)[C@H]2O)c(=O)n1COCC. The second-order valence-corrected chi connectivity index (χ2v) is 7.08. The summed E-state index contributed by atoms with van der Waals surface area (Å²) in [7, 11) is 0. The minimum Gasteiger partial charge on any atom is -0.448 e. The van der Waals surface area contributed by atoms with Gasteiger partial charge in [-0.1, -0.05) is 19.8 Å². The van der Waals surface area contributed by atoms with E-state index in [1.165, 1.54) is 0 Å². The van der Waals surface area contributed by atoms with E-state index in [9.17, 15) is 24.2 Å². The second kappa shape index (κ2) is 11.3. The summed E-state index contributed by atoms with van der Waals surface area (Å²) in [6, 6.07) is 0. The maximum Gasteiger partial charge on any atom is 0.435 e. The summed E-state index contributed by atoms with van der Waals surface area (Å²) < 4.78 is 32.2. The Morgan fingerprint density at radius 1 is 1.30 bits per heavy atom. The molecule has 0 spiro atoms. The topological polar surface area (TPSA) is 125 Å². The fraction of sp³-hybridized carbons (Fsp3) is 0.737. The van der Waals surface area contributed by atoms with Crippen LogP contribution in [0.2, 0.25) is 0 Å². The van der Waals surface area contributed by atoms with Crippen molar-refractivity contribution in [3.05, 3.63) is 28.0 Å².